The van der Waals surface area contributed by atoms with E-state index in [-0.39, 0.29) is 6.10 Å². The molecular formula is C11H23NO2. The maximum atomic E-state index is 9.57. The molecule has 1 aliphatic rings. The molecule has 0 aromatic carbocycles. The van der Waals surface area contributed by atoms with Gasteiger partial charge in [-0.2, -0.15) is 0 Å². The quantitative estimate of drug-likeness (QED) is 0.719. The second-order valence-corrected chi connectivity index (χ2v) is 4.66. The van der Waals surface area contributed by atoms with Crippen LogP contribution in [0.15, 0.2) is 0 Å². The molecule has 1 aliphatic heterocycles. The first-order valence-corrected chi connectivity index (χ1v) is 5.52. The standard InChI is InChI=1S/C11H23NO2/c1-9(2)10-4-5-12(6-10)7-11(13)8-14-3/h9-11,13H,4-8H2,1-3H3. The molecule has 1 heterocycles. The van der Waals surface area contributed by atoms with E-state index in [2.05, 4.69) is 18.7 Å². The lowest BCUT2D eigenvalue weighted by molar-refractivity contribution is 0.0417. The number of hydrogen-bond donors (Lipinski definition) is 1. The zero-order chi connectivity index (χ0) is 10.6. The lowest BCUT2D eigenvalue weighted by atomic mass is 9.95. The Morgan fingerprint density at radius 2 is 2.21 bits per heavy atom. The van der Waals surface area contributed by atoms with Gasteiger partial charge in [0.05, 0.1) is 12.7 Å². The van der Waals surface area contributed by atoms with E-state index < -0.39 is 0 Å². The molecule has 3 nitrogen and oxygen atoms in total. The van der Waals surface area contributed by atoms with Gasteiger partial charge in [-0.25, -0.2) is 0 Å². The van der Waals surface area contributed by atoms with Crippen molar-refractivity contribution in [3.8, 4) is 0 Å². The van der Waals surface area contributed by atoms with Crippen LogP contribution < -0.4 is 0 Å². The van der Waals surface area contributed by atoms with E-state index in [9.17, 15) is 5.11 Å². The molecule has 84 valence electrons. The van der Waals surface area contributed by atoms with E-state index in [4.69, 9.17) is 4.74 Å². The van der Waals surface area contributed by atoms with Gasteiger partial charge in [0.2, 0.25) is 0 Å². The minimum Gasteiger partial charge on any atom is -0.389 e. The second-order valence-electron chi connectivity index (χ2n) is 4.66. The van der Waals surface area contributed by atoms with E-state index in [1.807, 2.05) is 0 Å². The fourth-order valence-electron chi connectivity index (χ4n) is 2.12. The van der Waals surface area contributed by atoms with Crippen LogP contribution in [0.3, 0.4) is 0 Å². The van der Waals surface area contributed by atoms with E-state index in [0.29, 0.717) is 6.61 Å². The van der Waals surface area contributed by atoms with Crippen molar-refractivity contribution in [3.05, 3.63) is 0 Å². The Labute approximate surface area is 87.1 Å². The van der Waals surface area contributed by atoms with Crippen molar-refractivity contribution in [2.75, 3.05) is 33.4 Å². The van der Waals surface area contributed by atoms with Crippen LogP contribution in [0.5, 0.6) is 0 Å². The minimum atomic E-state index is -0.328. The van der Waals surface area contributed by atoms with Crippen LogP contribution in [-0.2, 0) is 4.74 Å². The monoisotopic (exact) mass is 201 g/mol. The van der Waals surface area contributed by atoms with E-state index in [1.165, 1.54) is 6.42 Å². The third-order valence-corrected chi connectivity index (χ3v) is 3.08. The van der Waals surface area contributed by atoms with Crippen molar-refractivity contribution in [3.63, 3.8) is 0 Å². The van der Waals surface area contributed by atoms with Gasteiger partial charge in [-0.1, -0.05) is 13.8 Å². The van der Waals surface area contributed by atoms with Crippen molar-refractivity contribution in [2.45, 2.75) is 26.4 Å². The number of β-amino-alcohol motifs (C(OH)–C–C–N with tert-alkyl or cyclic N) is 1. The first-order chi connectivity index (χ1) is 6.63. The largest absolute Gasteiger partial charge is 0.389 e. The number of aliphatic hydroxyl groups excluding tert-OH is 1. The van der Waals surface area contributed by atoms with Crippen molar-refractivity contribution in [2.24, 2.45) is 11.8 Å². The van der Waals surface area contributed by atoms with Gasteiger partial charge < -0.3 is 14.7 Å². The van der Waals surface area contributed by atoms with Crippen LogP contribution in [-0.4, -0.2) is 49.5 Å². The molecule has 1 rings (SSSR count). The number of nitrogens with zero attached hydrogens (tertiary/aromatic N) is 1. The number of methoxy groups -OCH3 is 1. The van der Waals surface area contributed by atoms with Crippen molar-refractivity contribution >= 4 is 0 Å². The lowest BCUT2D eigenvalue weighted by Crippen LogP contribution is -2.33. The SMILES string of the molecule is COCC(O)CN1CCC(C(C)C)C1. The summed E-state index contributed by atoms with van der Waals surface area (Å²) >= 11 is 0. The Balaban J connectivity index is 2.21. The van der Waals surface area contributed by atoms with Gasteiger partial charge in [0.15, 0.2) is 0 Å². The fraction of sp³-hybridized carbons (Fsp3) is 1.00. The Bertz CT molecular complexity index is 161. The first kappa shape index (κ1) is 12.0. The average molecular weight is 201 g/mol. The molecule has 2 unspecified atom stereocenters. The Kier molecular flexibility index (Phi) is 4.85. The highest BCUT2D eigenvalue weighted by Gasteiger charge is 2.25. The fourth-order valence-corrected chi connectivity index (χ4v) is 2.12. The van der Waals surface area contributed by atoms with Crippen LogP contribution in [0.1, 0.15) is 20.3 Å². The molecule has 1 fully saturated rings. The number of ether oxygens (including phenoxy) is 1. The maximum Gasteiger partial charge on any atom is 0.0900 e. The Morgan fingerprint density at radius 1 is 1.50 bits per heavy atom. The van der Waals surface area contributed by atoms with Crippen molar-refractivity contribution in [1.82, 2.24) is 4.90 Å². The zero-order valence-corrected chi connectivity index (χ0v) is 9.57. The molecule has 3 heteroatoms. The van der Waals surface area contributed by atoms with E-state index in [1.54, 1.807) is 7.11 Å². The summed E-state index contributed by atoms with van der Waals surface area (Å²) in [6.45, 7) is 8.03. The third-order valence-electron chi connectivity index (χ3n) is 3.08. The molecule has 1 saturated heterocycles. The Hall–Kier alpha value is -0.120. The molecule has 0 spiro atoms. The second kappa shape index (κ2) is 5.69. The summed E-state index contributed by atoms with van der Waals surface area (Å²) in [5.74, 6) is 1.57. The molecule has 0 saturated carbocycles. The highest BCUT2D eigenvalue weighted by atomic mass is 16.5. The van der Waals surface area contributed by atoms with Crippen molar-refractivity contribution < 1.29 is 9.84 Å². The maximum absolute atomic E-state index is 9.57. The third kappa shape index (κ3) is 3.56. The summed E-state index contributed by atoms with van der Waals surface area (Å²) in [4.78, 5) is 2.34. The molecule has 0 bridgehead atoms. The number of hydrogen-bond acceptors (Lipinski definition) is 3. The summed E-state index contributed by atoms with van der Waals surface area (Å²) < 4.78 is 4.91. The number of likely N-dealkylation sites (tertiary alicyclic amines) is 1. The van der Waals surface area contributed by atoms with Gasteiger partial charge in [-0.15, -0.1) is 0 Å². The zero-order valence-electron chi connectivity index (χ0n) is 9.57. The minimum absolute atomic E-state index is 0.328. The predicted molar refractivity (Wildman–Crippen MR) is 57.3 cm³/mol. The molecule has 0 aliphatic carbocycles. The smallest absolute Gasteiger partial charge is 0.0900 e. The van der Waals surface area contributed by atoms with Gasteiger partial charge in [-0.3, -0.25) is 0 Å². The summed E-state index contributed by atoms with van der Waals surface area (Å²) in [5.41, 5.74) is 0. The highest BCUT2D eigenvalue weighted by molar-refractivity contribution is 4.79. The van der Waals surface area contributed by atoms with E-state index in [0.717, 1.165) is 31.5 Å². The summed E-state index contributed by atoms with van der Waals surface area (Å²) in [6.07, 6.45) is 0.947. The predicted octanol–water partition coefficient (Wildman–Crippen LogP) is 0.972. The highest BCUT2D eigenvalue weighted by Crippen LogP contribution is 2.23. The molecule has 0 amide bonds. The lowest BCUT2D eigenvalue weighted by Gasteiger charge is -2.20. The molecule has 0 aromatic heterocycles. The molecular weight excluding hydrogens is 178 g/mol. The van der Waals surface area contributed by atoms with Crippen molar-refractivity contribution in [1.29, 1.82) is 0 Å². The van der Waals surface area contributed by atoms with Gasteiger partial charge >= 0.3 is 0 Å². The molecule has 1 N–H and O–H groups in total. The number of rotatable bonds is 5. The molecule has 0 radical (unpaired) electrons. The molecule has 0 aromatic rings. The Morgan fingerprint density at radius 3 is 2.71 bits per heavy atom. The van der Waals surface area contributed by atoms with Gasteiger partial charge in [-0.05, 0) is 24.8 Å². The van der Waals surface area contributed by atoms with Gasteiger partial charge in [0.25, 0.3) is 0 Å². The first-order valence-electron chi connectivity index (χ1n) is 5.52. The average Bonchev–Trinajstić information content (AvgIpc) is 2.53. The number of aliphatic hydroxyl groups is 1. The summed E-state index contributed by atoms with van der Waals surface area (Å²) in [5, 5.41) is 9.57. The van der Waals surface area contributed by atoms with Crippen LogP contribution in [0.4, 0.5) is 0 Å². The molecule has 14 heavy (non-hydrogen) atoms. The van der Waals surface area contributed by atoms with Crippen LogP contribution in [0, 0.1) is 11.8 Å². The topological polar surface area (TPSA) is 32.7 Å². The molecule has 2 atom stereocenters. The summed E-state index contributed by atoms with van der Waals surface area (Å²) in [6, 6.07) is 0. The van der Waals surface area contributed by atoms with E-state index >= 15 is 0 Å². The van der Waals surface area contributed by atoms with Crippen LogP contribution in [0.25, 0.3) is 0 Å². The van der Waals surface area contributed by atoms with Gasteiger partial charge in [0, 0.05) is 20.2 Å². The van der Waals surface area contributed by atoms with Crippen LogP contribution >= 0.6 is 0 Å². The van der Waals surface area contributed by atoms with Crippen LogP contribution in [0.2, 0.25) is 0 Å². The summed E-state index contributed by atoms with van der Waals surface area (Å²) in [7, 11) is 1.63. The van der Waals surface area contributed by atoms with Gasteiger partial charge in [0.1, 0.15) is 0 Å². The normalized spacial score (nSPS) is 25.9.